The number of rotatable bonds is 2. The van der Waals surface area contributed by atoms with E-state index in [0.717, 1.165) is 17.8 Å². The van der Waals surface area contributed by atoms with Crippen LogP contribution in [0.5, 0.6) is 0 Å². The van der Waals surface area contributed by atoms with Crippen LogP contribution in [0.2, 0.25) is 5.02 Å². The Hall–Kier alpha value is -2.52. The fourth-order valence-corrected chi connectivity index (χ4v) is 3.59. The molecule has 0 spiro atoms. The van der Waals surface area contributed by atoms with Gasteiger partial charge in [0.2, 0.25) is 0 Å². The highest BCUT2D eigenvalue weighted by molar-refractivity contribution is 6.33. The molecule has 0 aliphatic carbocycles. The lowest BCUT2D eigenvalue weighted by atomic mass is 9.99. The van der Waals surface area contributed by atoms with Crippen LogP contribution in [0.1, 0.15) is 27.7 Å². The highest BCUT2D eigenvalue weighted by Gasteiger charge is 2.33. The summed E-state index contributed by atoms with van der Waals surface area (Å²) in [5.74, 6) is -0.0260. The molecule has 0 N–H and O–H groups in total. The molecule has 2 heterocycles. The van der Waals surface area contributed by atoms with E-state index in [1.165, 1.54) is 0 Å². The van der Waals surface area contributed by atoms with Gasteiger partial charge in [-0.15, -0.1) is 0 Å². The van der Waals surface area contributed by atoms with Crippen molar-refractivity contribution in [2.45, 2.75) is 12.6 Å². The van der Waals surface area contributed by atoms with E-state index in [1.54, 1.807) is 12.1 Å². The van der Waals surface area contributed by atoms with Crippen molar-refractivity contribution in [1.29, 1.82) is 0 Å². The molecule has 1 aromatic heterocycles. The molecular weight excluding hydrogens is 320 g/mol. The molecule has 0 fully saturated rings. The average Bonchev–Trinajstić information content (AvgIpc) is 3.10. The fourth-order valence-electron chi connectivity index (χ4n) is 3.38. The lowest BCUT2D eigenvalue weighted by molar-refractivity contribution is 0.0664. The Morgan fingerprint density at radius 1 is 0.917 bits per heavy atom. The van der Waals surface area contributed by atoms with Crippen LogP contribution in [0.15, 0.2) is 72.9 Å². The molecule has 0 saturated carbocycles. The van der Waals surface area contributed by atoms with Gasteiger partial charge in [0.1, 0.15) is 0 Å². The standard InChI is InChI=1S/C20H17ClN2O/c21-17-10-5-4-9-16(17)20(24)23-14-13-22-12-6-11-18(22)19(23)15-7-2-1-3-8-15/h1-12,19H,13-14H2. The summed E-state index contributed by atoms with van der Waals surface area (Å²) < 4.78 is 2.22. The second kappa shape index (κ2) is 6.17. The maximum atomic E-state index is 13.2. The van der Waals surface area contributed by atoms with Crippen molar-refractivity contribution in [1.82, 2.24) is 9.47 Å². The van der Waals surface area contributed by atoms with E-state index < -0.39 is 0 Å². The summed E-state index contributed by atoms with van der Waals surface area (Å²) in [6.07, 6.45) is 2.07. The van der Waals surface area contributed by atoms with Gasteiger partial charge in [0.15, 0.2) is 0 Å². The van der Waals surface area contributed by atoms with Crippen molar-refractivity contribution in [3.8, 4) is 0 Å². The molecule has 0 bridgehead atoms. The first-order valence-electron chi connectivity index (χ1n) is 8.01. The van der Waals surface area contributed by atoms with Crippen molar-refractivity contribution < 1.29 is 4.79 Å². The molecule has 120 valence electrons. The van der Waals surface area contributed by atoms with Crippen molar-refractivity contribution in [2.75, 3.05) is 6.54 Å². The number of hydrogen-bond donors (Lipinski definition) is 0. The predicted molar refractivity (Wildman–Crippen MR) is 95.2 cm³/mol. The minimum atomic E-state index is -0.0984. The Balaban J connectivity index is 1.80. The summed E-state index contributed by atoms with van der Waals surface area (Å²) in [7, 11) is 0. The molecule has 1 amide bonds. The monoisotopic (exact) mass is 336 g/mol. The molecule has 3 aromatic rings. The number of amides is 1. The highest BCUT2D eigenvalue weighted by Crippen LogP contribution is 2.34. The number of carbonyl (C=O) groups excluding carboxylic acids is 1. The lowest BCUT2D eigenvalue weighted by Crippen LogP contribution is -2.42. The summed E-state index contributed by atoms with van der Waals surface area (Å²) in [6, 6.07) is 21.4. The van der Waals surface area contributed by atoms with E-state index in [-0.39, 0.29) is 11.9 Å². The van der Waals surface area contributed by atoms with E-state index in [2.05, 4.69) is 29.0 Å². The van der Waals surface area contributed by atoms with Crippen LogP contribution in [0.25, 0.3) is 0 Å². The van der Waals surface area contributed by atoms with Crippen LogP contribution in [0.3, 0.4) is 0 Å². The molecule has 0 saturated heterocycles. The van der Waals surface area contributed by atoms with Gasteiger partial charge in [-0.25, -0.2) is 0 Å². The number of hydrogen-bond acceptors (Lipinski definition) is 1. The first-order valence-corrected chi connectivity index (χ1v) is 8.39. The summed E-state index contributed by atoms with van der Waals surface area (Å²) in [6.45, 7) is 1.45. The smallest absolute Gasteiger partial charge is 0.256 e. The van der Waals surface area contributed by atoms with Gasteiger partial charge in [0, 0.05) is 25.0 Å². The SMILES string of the molecule is O=C(c1ccccc1Cl)N1CCn2cccc2C1c1ccccc1. The molecule has 1 aliphatic heterocycles. The third kappa shape index (κ3) is 2.51. The second-order valence-electron chi connectivity index (χ2n) is 5.92. The molecular formula is C20H17ClN2O. The van der Waals surface area contributed by atoms with Gasteiger partial charge in [0.05, 0.1) is 16.6 Å². The third-order valence-electron chi connectivity index (χ3n) is 4.52. The number of halogens is 1. The maximum Gasteiger partial charge on any atom is 0.256 e. The van der Waals surface area contributed by atoms with E-state index in [4.69, 9.17) is 11.6 Å². The predicted octanol–water partition coefficient (Wildman–Crippen LogP) is 4.39. The van der Waals surface area contributed by atoms with Crippen molar-refractivity contribution >= 4 is 17.5 Å². The molecule has 1 unspecified atom stereocenters. The Labute approximate surface area is 146 Å². The Morgan fingerprint density at radius 2 is 1.67 bits per heavy atom. The summed E-state index contributed by atoms with van der Waals surface area (Å²) in [4.78, 5) is 15.1. The Kier molecular flexibility index (Phi) is 3.87. The molecule has 3 nitrogen and oxygen atoms in total. The van der Waals surface area contributed by atoms with Crippen molar-refractivity contribution in [3.63, 3.8) is 0 Å². The minimum absolute atomic E-state index is 0.0260. The molecule has 4 heteroatoms. The Bertz CT molecular complexity index is 872. The van der Waals surface area contributed by atoms with Crippen molar-refractivity contribution in [3.05, 3.63) is 94.8 Å². The quantitative estimate of drug-likeness (QED) is 0.681. The van der Waals surface area contributed by atoms with E-state index in [9.17, 15) is 4.79 Å². The average molecular weight is 337 g/mol. The van der Waals surface area contributed by atoms with Gasteiger partial charge in [-0.3, -0.25) is 4.79 Å². The fraction of sp³-hybridized carbons (Fsp3) is 0.150. The van der Waals surface area contributed by atoms with Gasteiger partial charge in [0.25, 0.3) is 5.91 Å². The molecule has 24 heavy (non-hydrogen) atoms. The van der Waals surface area contributed by atoms with Gasteiger partial charge in [-0.05, 0) is 29.8 Å². The number of benzene rings is 2. The normalized spacial score (nSPS) is 16.7. The first kappa shape index (κ1) is 15.0. The largest absolute Gasteiger partial charge is 0.348 e. The molecule has 1 atom stereocenters. The molecule has 1 aliphatic rings. The van der Waals surface area contributed by atoms with Gasteiger partial charge < -0.3 is 9.47 Å². The first-order chi connectivity index (χ1) is 11.8. The van der Waals surface area contributed by atoms with Crippen LogP contribution >= 0.6 is 11.6 Å². The van der Waals surface area contributed by atoms with Crippen LogP contribution < -0.4 is 0 Å². The minimum Gasteiger partial charge on any atom is -0.348 e. The zero-order valence-electron chi connectivity index (χ0n) is 13.1. The summed E-state index contributed by atoms with van der Waals surface area (Å²) >= 11 is 6.26. The zero-order chi connectivity index (χ0) is 16.5. The number of aromatic nitrogens is 1. The van der Waals surface area contributed by atoms with Gasteiger partial charge >= 0.3 is 0 Å². The van der Waals surface area contributed by atoms with Crippen LogP contribution in [0, 0.1) is 0 Å². The van der Waals surface area contributed by atoms with E-state index in [1.807, 2.05) is 41.3 Å². The lowest BCUT2D eigenvalue weighted by Gasteiger charge is -2.37. The van der Waals surface area contributed by atoms with Crippen molar-refractivity contribution in [2.24, 2.45) is 0 Å². The topological polar surface area (TPSA) is 25.2 Å². The van der Waals surface area contributed by atoms with Gasteiger partial charge in [-0.2, -0.15) is 0 Å². The van der Waals surface area contributed by atoms with E-state index >= 15 is 0 Å². The highest BCUT2D eigenvalue weighted by atomic mass is 35.5. The number of nitrogens with zero attached hydrogens (tertiary/aromatic N) is 2. The molecule has 0 radical (unpaired) electrons. The molecule has 4 rings (SSSR count). The zero-order valence-corrected chi connectivity index (χ0v) is 13.9. The third-order valence-corrected chi connectivity index (χ3v) is 4.85. The van der Waals surface area contributed by atoms with Gasteiger partial charge in [-0.1, -0.05) is 54.1 Å². The second-order valence-corrected chi connectivity index (χ2v) is 6.33. The maximum absolute atomic E-state index is 13.2. The van der Waals surface area contributed by atoms with E-state index in [0.29, 0.717) is 17.1 Å². The molecule has 2 aromatic carbocycles. The van der Waals surface area contributed by atoms with Crippen LogP contribution in [0.4, 0.5) is 0 Å². The number of fused-ring (bicyclic) bond motifs is 1. The number of carbonyl (C=O) groups is 1. The summed E-state index contributed by atoms with van der Waals surface area (Å²) in [5.41, 5.74) is 2.80. The summed E-state index contributed by atoms with van der Waals surface area (Å²) in [5, 5.41) is 0.496. The van der Waals surface area contributed by atoms with Crippen LogP contribution in [-0.4, -0.2) is 21.9 Å². The Morgan fingerprint density at radius 3 is 2.46 bits per heavy atom. The van der Waals surface area contributed by atoms with Crippen LogP contribution in [-0.2, 0) is 6.54 Å².